The van der Waals surface area contributed by atoms with Gasteiger partial charge >= 0.3 is 6.03 Å². The minimum absolute atomic E-state index is 0.204. The Hall–Kier alpha value is -4.02. The molecule has 3 atom stereocenters. The molecule has 0 aliphatic rings. The lowest BCUT2D eigenvalue weighted by molar-refractivity contribution is -0.124. The second-order valence-corrected chi connectivity index (χ2v) is 11.9. The van der Waals surface area contributed by atoms with Gasteiger partial charge < -0.3 is 26.6 Å². The van der Waals surface area contributed by atoms with Crippen LogP contribution in [-0.2, 0) is 29.0 Å². The third-order valence-corrected chi connectivity index (χ3v) is 7.96. The molecule has 2 aromatic carbocycles. The van der Waals surface area contributed by atoms with E-state index in [1.54, 1.807) is 18.4 Å². The fourth-order valence-electron chi connectivity index (χ4n) is 4.45. The zero-order chi connectivity index (χ0) is 31.2. The second kappa shape index (κ2) is 17.2. The number of benzene rings is 2. The van der Waals surface area contributed by atoms with Gasteiger partial charge in [0.2, 0.25) is 11.8 Å². The highest BCUT2D eigenvalue weighted by Gasteiger charge is 2.25. The van der Waals surface area contributed by atoms with Crippen LogP contribution >= 0.6 is 11.3 Å². The van der Waals surface area contributed by atoms with E-state index in [1.807, 2.05) is 78.2 Å². The summed E-state index contributed by atoms with van der Waals surface area (Å²) in [5.41, 5.74) is 9.39. The summed E-state index contributed by atoms with van der Waals surface area (Å²) < 4.78 is 0. The van der Waals surface area contributed by atoms with Crippen LogP contribution in [0.5, 0.6) is 0 Å². The highest BCUT2D eigenvalue weighted by Crippen LogP contribution is 2.20. The lowest BCUT2D eigenvalue weighted by Crippen LogP contribution is -2.53. The Balaban J connectivity index is 1.71. The molecule has 3 aromatic rings. The Morgan fingerprint density at radius 1 is 0.953 bits per heavy atom. The van der Waals surface area contributed by atoms with Crippen molar-refractivity contribution < 1.29 is 14.4 Å². The Labute approximate surface area is 259 Å². The van der Waals surface area contributed by atoms with Crippen LogP contribution in [-0.4, -0.2) is 59.4 Å². The molecule has 0 saturated carbocycles. The van der Waals surface area contributed by atoms with Crippen molar-refractivity contribution >= 4 is 29.2 Å². The lowest BCUT2D eigenvalue weighted by atomic mass is 10.0. The van der Waals surface area contributed by atoms with Gasteiger partial charge in [0.05, 0.1) is 23.3 Å². The molecule has 3 rings (SSSR count). The van der Waals surface area contributed by atoms with Crippen LogP contribution in [0.4, 0.5) is 4.79 Å². The van der Waals surface area contributed by atoms with Gasteiger partial charge in [-0.15, -0.1) is 11.3 Å². The molecule has 43 heavy (non-hydrogen) atoms. The summed E-state index contributed by atoms with van der Waals surface area (Å²) in [5, 5.41) is 11.6. The molecule has 0 saturated heterocycles. The van der Waals surface area contributed by atoms with Crippen LogP contribution < -0.4 is 21.7 Å². The van der Waals surface area contributed by atoms with Crippen LogP contribution in [0.25, 0.3) is 0 Å². The molecule has 1 heterocycles. The minimum Gasteiger partial charge on any atom is -0.356 e. The average Bonchev–Trinajstić information content (AvgIpc) is 3.45. The molecular formula is C33H44N6O3S. The van der Waals surface area contributed by atoms with E-state index in [0.717, 1.165) is 21.8 Å². The molecule has 0 spiro atoms. The number of rotatable bonds is 15. The molecule has 3 unspecified atom stereocenters. The molecule has 0 bridgehead atoms. The number of carbonyl (C=O) groups is 3. The van der Waals surface area contributed by atoms with Crippen LogP contribution in [0.3, 0.4) is 0 Å². The molecule has 0 fully saturated rings. The molecule has 4 amide bonds. The van der Waals surface area contributed by atoms with Crippen molar-refractivity contribution in [2.75, 3.05) is 13.6 Å². The molecule has 0 aliphatic heterocycles. The maximum absolute atomic E-state index is 13.6. The van der Waals surface area contributed by atoms with Crippen LogP contribution in [0.15, 0.2) is 78.2 Å². The molecule has 230 valence electrons. The first-order valence-electron chi connectivity index (χ1n) is 14.6. The third kappa shape index (κ3) is 12.0. The molecule has 10 heteroatoms. The van der Waals surface area contributed by atoms with Gasteiger partial charge in [0.1, 0.15) is 6.04 Å². The average molecular weight is 605 g/mol. The lowest BCUT2D eigenvalue weighted by Gasteiger charge is -2.25. The highest BCUT2D eigenvalue weighted by molar-refractivity contribution is 7.09. The topological polar surface area (TPSA) is 129 Å². The molecule has 9 nitrogen and oxygen atoms in total. The molecule has 0 radical (unpaired) electrons. The normalized spacial score (nSPS) is 13.3. The van der Waals surface area contributed by atoms with Crippen LogP contribution in [0, 0.1) is 0 Å². The standard InChI is InChI=1S/C33H44N6O3S/c1-23(2)32-37-29(22-43-32)21-39(4)33(42)38-30(17-18-35-24(3)40)31(41)36-28(20-26-13-9-6-10-14-26)16-15-27(34)19-25-11-7-5-8-12-25/h5-16,22-23,27-28,30H,17-21,34H2,1-4H3,(H,35,40)(H,36,41)(H,38,42). The van der Waals surface area contributed by atoms with Crippen molar-refractivity contribution in [1.82, 2.24) is 25.8 Å². The summed E-state index contributed by atoms with van der Waals surface area (Å²) in [6.07, 6.45) is 5.29. The van der Waals surface area contributed by atoms with Crippen molar-refractivity contribution in [3.63, 3.8) is 0 Å². The van der Waals surface area contributed by atoms with Gasteiger partial charge in [-0.05, 0) is 30.4 Å². The van der Waals surface area contributed by atoms with Gasteiger partial charge in [0.25, 0.3) is 0 Å². The summed E-state index contributed by atoms with van der Waals surface area (Å²) in [6, 6.07) is 18.0. The molecule has 1 aromatic heterocycles. The molecule has 5 N–H and O–H groups in total. The summed E-state index contributed by atoms with van der Waals surface area (Å²) in [7, 11) is 1.67. The number of nitrogens with zero attached hydrogens (tertiary/aromatic N) is 2. The van der Waals surface area contributed by atoms with Gasteiger partial charge in [-0.2, -0.15) is 0 Å². The van der Waals surface area contributed by atoms with E-state index in [4.69, 9.17) is 5.73 Å². The first kappa shape index (κ1) is 33.5. The molecular weight excluding hydrogens is 560 g/mol. The van der Waals surface area contributed by atoms with E-state index >= 15 is 0 Å². The summed E-state index contributed by atoms with van der Waals surface area (Å²) >= 11 is 1.57. The van der Waals surface area contributed by atoms with Gasteiger partial charge in [-0.3, -0.25) is 9.59 Å². The van der Waals surface area contributed by atoms with Crippen molar-refractivity contribution in [1.29, 1.82) is 0 Å². The number of amides is 4. The van der Waals surface area contributed by atoms with Gasteiger partial charge in [-0.1, -0.05) is 86.7 Å². The summed E-state index contributed by atoms with van der Waals surface area (Å²) in [5.74, 6) is -0.236. The SMILES string of the molecule is CC(=O)NCCC(NC(=O)N(C)Cc1csc(C(C)C)n1)C(=O)NC(C=CC(N)Cc1ccccc1)Cc1ccccc1. The van der Waals surface area contributed by atoms with E-state index in [9.17, 15) is 14.4 Å². The monoisotopic (exact) mass is 604 g/mol. The largest absolute Gasteiger partial charge is 0.356 e. The minimum atomic E-state index is -0.867. The number of thiazole rings is 1. The number of hydrogen-bond donors (Lipinski definition) is 4. The van der Waals surface area contributed by atoms with Gasteiger partial charge in [0, 0.05) is 37.9 Å². The number of aromatic nitrogens is 1. The smallest absolute Gasteiger partial charge is 0.318 e. The van der Waals surface area contributed by atoms with Crippen molar-refractivity contribution in [2.45, 2.75) is 70.6 Å². The maximum atomic E-state index is 13.6. The first-order valence-corrected chi connectivity index (χ1v) is 15.5. The van der Waals surface area contributed by atoms with Gasteiger partial charge in [-0.25, -0.2) is 9.78 Å². The Morgan fingerprint density at radius 3 is 2.16 bits per heavy atom. The summed E-state index contributed by atoms with van der Waals surface area (Å²) in [6.45, 7) is 6.12. The first-order chi connectivity index (χ1) is 20.6. The third-order valence-electron chi connectivity index (χ3n) is 6.76. The van der Waals surface area contributed by atoms with E-state index in [1.165, 1.54) is 11.8 Å². The van der Waals surface area contributed by atoms with Crippen LogP contribution in [0.1, 0.15) is 54.9 Å². The van der Waals surface area contributed by atoms with Crippen LogP contribution in [0.2, 0.25) is 0 Å². The molecule has 0 aliphatic carbocycles. The number of nitrogens with one attached hydrogen (secondary N) is 3. The number of carbonyl (C=O) groups excluding carboxylic acids is 3. The maximum Gasteiger partial charge on any atom is 0.318 e. The fraction of sp³-hybridized carbons (Fsp3) is 0.394. The van der Waals surface area contributed by atoms with Crippen molar-refractivity contribution in [3.8, 4) is 0 Å². The second-order valence-electron chi connectivity index (χ2n) is 11.0. The zero-order valence-corrected chi connectivity index (χ0v) is 26.3. The Morgan fingerprint density at radius 2 is 1.58 bits per heavy atom. The quantitative estimate of drug-likeness (QED) is 0.194. The van der Waals surface area contributed by atoms with E-state index in [0.29, 0.717) is 25.3 Å². The summed E-state index contributed by atoms with van der Waals surface area (Å²) in [4.78, 5) is 44.4. The number of urea groups is 1. The predicted octanol–water partition coefficient (Wildman–Crippen LogP) is 4.16. The van der Waals surface area contributed by atoms with E-state index < -0.39 is 12.1 Å². The van der Waals surface area contributed by atoms with E-state index in [2.05, 4.69) is 34.8 Å². The predicted molar refractivity (Wildman–Crippen MR) is 173 cm³/mol. The van der Waals surface area contributed by atoms with Crippen molar-refractivity contribution in [2.24, 2.45) is 5.73 Å². The fourth-order valence-corrected chi connectivity index (χ4v) is 5.27. The Kier molecular flexibility index (Phi) is 13.4. The van der Waals surface area contributed by atoms with E-state index in [-0.39, 0.29) is 36.9 Å². The Bertz CT molecular complexity index is 1330. The zero-order valence-electron chi connectivity index (χ0n) is 25.5. The number of hydrogen-bond acceptors (Lipinski definition) is 6. The number of nitrogens with two attached hydrogens (primary N) is 1. The van der Waals surface area contributed by atoms with Crippen molar-refractivity contribution in [3.05, 3.63) is 100 Å². The highest BCUT2D eigenvalue weighted by atomic mass is 32.1. The van der Waals surface area contributed by atoms with Gasteiger partial charge in [0.15, 0.2) is 0 Å².